The predicted molar refractivity (Wildman–Crippen MR) is 55.3 cm³/mol. The fraction of sp³-hybridized carbons (Fsp3) is 0.222. The van der Waals surface area contributed by atoms with E-state index in [2.05, 4.69) is 5.32 Å². The Balaban J connectivity index is 3.04. The number of nitrogens with zero attached hydrogens (tertiary/aromatic N) is 1. The monoisotopic (exact) mass is 227 g/mol. The Kier molecular flexibility index (Phi) is 3.51. The number of hydrogen-bond acceptors (Lipinski definition) is 4. The summed E-state index contributed by atoms with van der Waals surface area (Å²) < 4.78 is 12.8. The van der Waals surface area contributed by atoms with Crippen molar-refractivity contribution in [3.05, 3.63) is 34.1 Å². The van der Waals surface area contributed by atoms with Crippen molar-refractivity contribution in [2.75, 3.05) is 5.32 Å². The first-order valence-corrected chi connectivity index (χ1v) is 4.42. The second-order valence-electron chi connectivity index (χ2n) is 3.20. The number of amides is 1. The number of nitro benzene ring substituents is 1. The van der Waals surface area contributed by atoms with Gasteiger partial charge in [0.15, 0.2) is 0 Å². The van der Waals surface area contributed by atoms with Gasteiger partial charge in [-0.2, -0.15) is 0 Å². The van der Waals surface area contributed by atoms with Gasteiger partial charge in [-0.05, 0) is 19.1 Å². The average molecular weight is 227 g/mol. The number of carbonyl (C=O) groups is 1. The Morgan fingerprint density at radius 3 is 2.75 bits per heavy atom. The highest BCUT2D eigenvalue weighted by Crippen LogP contribution is 2.24. The molecule has 0 spiro atoms. The van der Waals surface area contributed by atoms with E-state index >= 15 is 0 Å². The first-order valence-electron chi connectivity index (χ1n) is 4.42. The Morgan fingerprint density at radius 1 is 1.62 bits per heavy atom. The molecular weight excluding hydrogens is 217 g/mol. The Hall–Kier alpha value is -2.02. The lowest BCUT2D eigenvalue weighted by atomic mass is 10.2. The number of benzene rings is 1. The van der Waals surface area contributed by atoms with Gasteiger partial charge in [-0.1, -0.05) is 0 Å². The van der Waals surface area contributed by atoms with Crippen LogP contribution in [0.15, 0.2) is 18.2 Å². The van der Waals surface area contributed by atoms with E-state index in [9.17, 15) is 19.3 Å². The smallest absolute Gasteiger partial charge is 0.295 e. The molecule has 0 heterocycles. The van der Waals surface area contributed by atoms with Gasteiger partial charge in [0.2, 0.25) is 5.91 Å². The summed E-state index contributed by atoms with van der Waals surface area (Å²) in [5.74, 6) is -1.32. The van der Waals surface area contributed by atoms with Crippen LogP contribution >= 0.6 is 0 Å². The third kappa shape index (κ3) is 2.74. The van der Waals surface area contributed by atoms with E-state index in [1.807, 2.05) is 0 Å². The Labute approximate surface area is 90.4 Å². The number of nitro groups is 1. The highest BCUT2D eigenvalue weighted by Gasteiger charge is 2.18. The molecule has 1 atom stereocenters. The van der Waals surface area contributed by atoms with E-state index in [1.165, 1.54) is 6.92 Å². The maximum absolute atomic E-state index is 12.8. The molecule has 86 valence electrons. The summed E-state index contributed by atoms with van der Waals surface area (Å²) in [6.07, 6.45) is 0. The van der Waals surface area contributed by atoms with Crippen LogP contribution in [-0.4, -0.2) is 16.9 Å². The van der Waals surface area contributed by atoms with Gasteiger partial charge in [-0.25, -0.2) is 4.39 Å². The molecule has 1 rings (SSSR count). The van der Waals surface area contributed by atoms with Crippen LogP contribution in [0.5, 0.6) is 0 Å². The van der Waals surface area contributed by atoms with Crippen LogP contribution in [0.25, 0.3) is 0 Å². The maximum Gasteiger partial charge on any atom is 0.295 e. The summed E-state index contributed by atoms with van der Waals surface area (Å²) in [6, 6.07) is 2.07. The minimum absolute atomic E-state index is 0.0753. The van der Waals surface area contributed by atoms with Gasteiger partial charge < -0.3 is 11.1 Å². The van der Waals surface area contributed by atoms with E-state index < -0.39 is 28.4 Å². The number of rotatable bonds is 3. The normalized spacial score (nSPS) is 11.9. The number of hydrogen-bond donors (Lipinski definition) is 2. The second-order valence-corrected chi connectivity index (χ2v) is 3.20. The first kappa shape index (κ1) is 12.1. The molecule has 7 heteroatoms. The average Bonchev–Trinajstić information content (AvgIpc) is 2.20. The van der Waals surface area contributed by atoms with Crippen molar-refractivity contribution in [3.63, 3.8) is 0 Å². The van der Waals surface area contributed by atoms with Crippen molar-refractivity contribution in [3.8, 4) is 0 Å². The standard InChI is InChI=1S/C9H10FN3O3/c1-5(11)9(14)12-7-3-2-6(10)4-8(7)13(15)16/h2-5H,11H2,1H3,(H,12,14)/t5-/m1/s1. The molecule has 16 heavy (non-hydrogen) atoms. The lowest BCUT2D eigenvalue weighted by Gasteiger charge is -2.07. The van der Waals surface area contributed by atoms with Crippen molar-refractivity contribution in [2.45, 2.75) is 13.0 Å². The van der Waals surface area contributed by atoms with Gasteiger partial charge in [-0.3, -0.25) is 14.9 Å². The molecule has 0 saturated carbocycles. The van der Waals surface area contributed by atoms with Crippen molar-refractivity contribution >= 4 is 17.3 Å². The number of halogens is 1. The van der Waals surface area contributed by atoms with Gasteiger partial charge >= 0.3 is 0 Å². The molecule has 0 bridgehead atoms. The zero-order valence-corrected chi connectivity index (χ0v) is 8.44. The summed E-state index contributed by atoms with van der Waals surface area (Å²) in [5.41, 5.74) is 4.70. The van der Waals surface area contributed by atoms with Crippen LogP contribution in [0.2, 0.25) is 0 Å². The molecule has 0 radical (unpaired) electrons. The second kappa shape index (κ2) is 4.67. The van der Waals surface area contributed by atoms with Gasteiger partial charge in [-0.15, -0.1) is 0 Å². The molecule has 1 amide bonds. The van der Waals surface area contributed by atoms with Crippen LogP contribution < -0.4 is 11.1 Å². The molecule has 1 aromatic rings. The topological polar surface area (TPSA) is 98.3 Å². The highest BCUT2D eigenvalue weighted by atomic mass is 19.1. The molecule has 0 aliphatic rings. The van der Waals surface area contributed by atoms with Crippen molar-refractivity contribution in [1.29, 1.82) is 0 Å². The Morgan fingerprint density at radius 2 is 2.25 bits per heavy atom. The zero-order valence-electron chi connectivity index (χ0n) is 8.44. The molecular formula is C9H10FN3O3. The quantitative estimate of drug-likeness (QED) is 0.594. The van der Waals surface area contributed by atoms with Crippen molar-refractivity contribution in [1.82, 2.24) is 0 Å². The van der Waals surface area contributed by atoms with E-state index in [0.717, 1.165) is 18.2 Å². The maximum atomic E-state index is 12.8. The fourth-order valence-electron chi connectivity index (χ4n) is 1.01. The van der Waals surface area contributed by atoms with Gasteiger partial charge in [0.05, 0.1) is 17.0 Å². The predicted octanol–water partition coefficient (Wildman–Crippen LogP) is 1.02. The minimum atomic E-state index is -0.801. The third-order valence-corrected chi connectivity index (χ3v) is 1.83. The first-order chi connectivity index (χ1) is 7.41. The van der Waals surface area contributed by atoms with Crippen LogP contribution in [-0.2, 0) is 4.79 Å². The summed E-state index contributed by atoms with van der Waals surface area (Å²) >= 11 is 0. The van der Waals surface area contributed by atoms with Crippen molar-refractivity contribution < 1.29 is 14.1 Å². The van der Waals surface area contributed by atoms with E-state index in [-0.39, 0.29) is 5.69 Å². The molecule has 0 fully saturated rings. The van der Waals surface area contributed by atoms with Crippen LogP contribution in [0.4, 0.5) is 15.8 Å². The summed E-state index contributed by atoms with van der Waals surface area (Å²) in [5, 5.41) is 12.8. The fourth-order valence-corrected chi connectivity index (χ4v) is 1.01. The number of anilines is 1. The molecule has 0 aliphatic carbocycles. The molecule has 6 nitrogen and oxygen atoms in total. The number of carbonyl (C=O) groups excluding carboxylic acids is 1. The molecule has 1 aromatic carbocycles. The van der Waals surface area contributed by atoms with E-state index in [1.54, 1.807) is 0 Å². The third-order valence-electron chi connectivity index (χ3n) is 1.83. The van der Waals surface area contributed by atoms with Crippen LogP contribution in [0.1, 0.15) is 6.92 Å². The molecule has 3 N–H and O–H groups in total. The van der Waals surface area contributed by atoms with Crippen LogP contribution in [0.3, 0.4) is 0 Å². The lowest BCUT2D eigenvalue weighted by molar-refractivity contribution is -0.384. The Bertz CT molecular complexity index is 434. The molecule has 0 aromatic heterocycles. The van der Waals surface area contributed by atoms with E-state index in [0.29, 0.717) is 0 Å². The van der Waals surface area contributed by atoms with Gasteiger partial charge in [0.1, 0.15) is 11.5 Å². The van der Waals surface area contributed by atoms with Gasteiger partial charge in [0.25, 0.3) is 5.69 Å². The van der Waals surface area contributed by atoms with Gasteiger partial charge in [0, 0.05) is 0 Å². The van der Waals surface area contributed by atoms with Crippen LogP contribution in [0, 0.1) is 15.9 Å². The molecule has 0 unspecified atom stereocenters. The number of nitrogens with one attached hydrogen (secondary N) is 1. The SMILES string of the molecule is C[C@@H](N)C(=O)Nc1ccc(F)cc1[N+](=O)[O-]. The van der Waals surface area contributed by atoms with E-state index in [4.69, 9.17) is 5.73 Å². The van der Waals surface area contributed by atoms with Crippen molar-refractivity contribution in [2.24, 2.45) is 5.73 Å². The highest BCUT2D eigenvalue weighted by molar-refractivity contribution is 5.96. The largest absolute Gasteiger partial charge is 0.320 e. The zero-order chi connectivity index (χ0) is 12.3. The summed E-state index contributed by atoms with van der Waals surface area (Å²) in [7, 11) is 0. The number of nitrogens with two attached hydrogens (primary N) is 1. The lowest BCUT2D eigenvalue weighted by Crippen LogP contribution is -2.32. The molecule has 0 saturated heterocycles. The summed E-state index contributed by atoms with van der Waals surface area (Å²) in [6.45, 7) is 1.44. The summed E-state index contributed by atoms with van der Waals surface area (Å²) in [4.78, 5) is 21.0. The molecule has 0 aliphatic heterocycles. The minimum Gasteiger partial charge on any atom is -0.320 e.